The first-order valence-corrected chi connectivity index (χ1v) is 9.23. The molecule has 2 amide bonds. The normalized spacial score (nSPS) is 14.7. The van der Waals surface area contributed by atoms with E-state index in [0.29, 0.717) is 17.8 Å². The van der Waals surface area contributed by atoms with Gasteiger partial charge < -0.3 is 10.6 Å². The lowest BCUT2D eigenvalue weighted by atomic mass is 9.95. The van der Waals surface area contributed by atoms with Crippen molar-refractivity contribution >= 4 is 11.8 Å². The van der Waals surface area contributed by atoms with Gasteiger partial charge >= 0.3 is 0 Å². The van der Waals surface area contributed by atoms with Crippen molar-refractivity contribution in [1.29, 1.82) is 0 Å². The van der Waals surface area contributed by atoms with E-state index >= 15 is 0 Å². The van der Waals surface area contributed by atoms with Gasteiger partial charge in [0.1, 0.15) is 5.69 Å². The van der Waals surface area contributed by atoms with E-state index in [9.17, 15) is 9.59 Å². The fourth-order valence-corrected chi connectivity index (χ4v) is 3.29. The van der Waals surface area contributed by atoms with Crippen LogP contribution in [0.3, 0.4) is 0 Å². The van der Waals surface area contributed by atoms with E-state index in [-0.39, 0.29) is 17.9 Å². The van der Waals surface area contributed by atoms with Gasteiger partial charge in [0, 0.05) is 24.3 Å². The second kappa shape index (κ2) is 8.61. The molecule has 1 aromatic heterocycles. The minimum atomic E-state index is -0.206. The molecule has 1 heterocycles. The molecule has 0 saturated heterocycles. The van der Waals surface area contributed by atoms with Gasteiger partial charge in [-0.2, -0.15) is 0 Å². The molecular weight excluding hydrogens is 326 g/mol. The smallest absolute Gasteiger partial charge is 0.270 e. The summed E-state index contributed by atoms with van der Waals surface area (Å²) in [6.45, 7) is 2.47. The topological polar surface area (TPSA) is 71.1 Å². The first-order chi connectivity index (χ1) is 12.6. The van der Waals surface area contributed by atoms with E-state index in [4.69, 9.17) is 0 Å². The number of carbonyl (C=O) groups excluding carboxylic acids is 2. The van der Waals surface area contributed by atoms with Gasteiger partial charge in [0.2, 0.25) is 0 Å². The summed E-state index contributed by atoms with van der Waals surface area (Å²) in [5.41, 5.74) is 2.95. The second-order valence-electron chi connectivity index (χ2n) is 6.85. The summed E-state index contributed by atoms with van der Waals surface area (Å²) in [6, 6.07) is 11.3. The molecule has 2 aromatic rings. The number of nitrogens with one attached hydrogen (secondary N) is 2. The maximum Gasteiger partial charge on any atom is 0.270 e. The molecule has 2 N–H and O–H groups in total. The van der Waals surface area contributed by atoms with Crippen LogP contribution in [0.4, 0.5) is 0 Å². The van der Waals surface area contributed by atoms with Crippen LogP contribution in [0.2, 0.25) is 0 Å². The quantitative estimate of drug-likeness (QED) is 0.867. The van der Waals surface area contributed by atoms with E-state index in [1.807, 2.05) is 31.2 Å². The molecule has 1 aliphatic carbocycles. The van der Waals surface area contributed by atoms with Crippen LogP contribution in [-0.2, 0) is 6.54 Å². The minimum absolute atomic E-state index is 0.203. The van der Waals surface area contributed by atoms with Crippen LogP contribution < -0.4 is 10.6 Å². The van der Waals surface area contributed by atoms with Gasteiger partial charge in [0.25, 0.3) is 11.8 Å². The highest BCUT2D eigenvalue weighted by molar-refractivity contribution is 5.98. The van der Waals surface area contributed by atoms with Crippen molar-refractivity contribution in [3.05, 3.63) is 65.0 Å². The second-order valence-corrected chi connectivity index (χ2v) is 6.85. The van der Waals surface area contributed by atoms with Crippen molar-refractivity contribution < 1.29 is 9.59 Å². The summed E-state index contributed by atoms with van der Waals surface area (Å²) in [7, 11) is 0. The van der Waals surface area contributed by atoms with E-state index in [0.717, 1.165) is 36.8 Å². The average molecular weight is 351 g/mol. The number of hydrogen-bond acceptors (Lipinski definition) is 3. The SMILES string of the molecule is Cc1ccccc1CNC(=O)c1ccnc(C(=O)NC2CCCCC2)c1. The van der Waals surface area contributed by atoms with E-state index < -0.39 is 0 Å². The molecule has 26 heavy (non-hydrogen) atoms. The summed E-state index contributed by atoms with van der Waals surface area (Å²) in [4.78, 5) is 29.0. The summed E-state index contributed by atoms with van der Waals surface area (Å²) in [5, 5.41) is 5.94. The van der Waals surface area contributed by atoms with Gasteiger partial charge in [-0.1, -0.05) is 43.5 Å². The predicted molar refractivity (Wildman–Crippen MR) is 101 cm³/mol. The maximum absolute atomic E-state index is 12.4. The molecule has 0 spiro atoms. The van der Waals surface area contributed by atoms with E-state index in [2.05, 4.69) is 15.6 Å². The molecule has 1 fully saturated rings. The zero-order chi connectivity index (χ0) is 18.4. The number of amides is 2. The Bertz CT molecular complexity index is 782. The van der Waals surface area contributed by atoms with Crippen molar-refractivity contribution in [3.8, 4) is 0 Å². The number of aromatic nitrogens is 1. The van der Waals surface area contributed by atoms with Crippen LogP contribution in [0.5, 0.6) is 0 Å². The van der Waals surface area contributed by atoms with Crippen LogP contribution >= 0.6 is 0 Å². The van der Waals surface area contributed by atoms with Crippen molar-refractivity contribution in [2.24, 2.45) is 0 Å². The Kier molecular flexibility index (Phi) is 6.00. The molecule has 0 bridgehead atoms. The molecule has 5 nitrogen and oxygen atoms in total. The summed E-state index contributed by atoms with van der Waals surface area (Å²) >= 11 is 0. The molecule has 0 atom stereocenters. The summed E-state index contributed by atoms with van der Waals surface area (Å²) in [5.74, 6) is -0.409. The molecule has 1 saturated carbocycles. The molecule has 5 heteroatoms. The number of pyridine rings is 1. The molecular formula is C21H25N3O2. The number of rotatable bonds is 5. The average Bonchev–Trinajstić information content (AvgIpc) is 2.68. The fourth-order valence-electron chi connectivity index (χ4n) is 3.29. The summed E-state index contributed by atoms with van der Waals surface area (Å²) in [6.07, 6.45) is 7.09. The third kappa shape index (κ3) is 4.69. The van der Waals surface area contributed by atoms with E-state index in [1.54, 1.807) is 12.1 Å². The molecule has 0 unspecified atom stereocenters. The van der Waals surface area contributed by atoms with Gasteiger partial charge in [-0.25, -0.2) is 0 Å². The molecule has 0 aliphatic heterocycles. The summed E-state index contributed by atoms with van der Waals surface area (Å²) < 4.78 is 0. The Morgan fingerprint density at radius 3 is 2.62 bits per heavy atom. The number of carbonyl (C=O) groups is 2. The first kappa shape index (κ1) is 18.1. The third-order valence-electron chi connectivity index (χ3n) is 4.90. The number of nitrogens with zero attached hydrogens (tertiary/aromatic N) is 1. The van der Waals surface area contributed by atoms with E-state index in [1.165, 1.54) is 12.6 Å². The van der Waals surface area contributed by atoms with Crippen LogP contribution in [0.1, 0.15) is 64.1 Å². The highest BCUT2D eigenvalue weighted by Gasteiger charge is 2.18. The number of aryl methyl sites for hydroxylation is 1. The lowest BCUT2D eigenvalue weighted by Gasteiger charge is -2.22. The highest BCUT2D eigenvalue weighted by Crippen LogP contribution is 2.17. The van der Waals surface area contributed by atoms with Crippen LogP contribution in [0.15, 0.2) is 42.6 Å². The minimum Gasteiger partial charge on any atom is -0.348 e. The fraction of sp³-hybridized carbons (Fsp3) is 0.381. The zero-order valence-corrected chi connectivity index (χ0v) is 15.1. The Balaban J connectivity index is 1.61. The number of benzene rings is 1. The molecule has 1 aliphatic rings. The maximum atomic E-state index is 12.4. The van der Waals surface area contributed by atoms with Gasteiger partial charge in [0.15, 0.2) is 0 Å². The third-order valence-corrected chi connectivity index (χ3v) is 4.90. The predicted octanol–water partition coefficient (Wildman–Crippen LogP) is 3.38. The van der Waals surface area contributed by atoms with Crippen molar-refractivity contribution in [1.82, 2.24) is 15.6 Å². The van der Waals surface area contributed by atoms with Gasteiger partial charge in [-0.3, -0.25) is 14.6 Å². The van der Waals surface area contributed by atoms with Gasteiger partial charge in [-0.05, 0) is 43.0 Å². The lowest BCUT2D eigenvalue weighted by Crippen LogP contribution is -2.36. The number of hydrogen-bond donors (Lipinski definition) is 2. The molecule has 136 valence electrons. The Morgan fingerprint density at radius 2 is 1.85 bits per heavy atom. The van der Waals surface area contributed by atoms with Crippen LogP contribution in [-0.4, -0.2) is 22.8 Å². The van der Waals surface area contributed by atoms with Crippen molar-refractivity contribution in [2.45, 2.75) is 51.6 Å². The van der Waals surface area contributed by atoms with Gasteiger partial charge in [0.05, 0.1) is 0 Å². The van der Waals surface area contributed by atoms with Crippen LogP contribution in [0.25, 0.3) is 0 Å². The first-order valence-electron chi connectivity index (χ1n) is 9.23. The standard InChI is InChI=1S/C21H25N3O2/c1-15-7-5-6-8-17(15)14-23-20(25)16-11-12-22-19(13-16)21(26)24-18-9-3-2-4-10-18/h5-8,11-13,18H,2-4,9-10,14H2,1H3,(H,23,25)(H,24,26). The van der Waals surface area contributed by atoms with Crippen molar-refractivity contribution in [2.75, 3.05) is 0 Å². The van der Waals surface area contributed by atoms with Gasteiger partial charge in [-0.15, -0.1) is 0 Å². The largest absolute Gasteiger partial charge is 0.348 e. The highest BCUT2D eigenvalue weighted by atomic mass is 16.2. The van der Waals surface area contributed by atoms with Crippen molar-refractivity contribution in [3.63, 3.8) is 0 Å². The molecule has 0 radical (unpaired) electrons. The molecule has 1 aromatic carbocycles. The lowest BCUT2D eigenvalue weighted by molar-refractivity contribution is 0.0922. The zero-order valence-electron chi connectivity index (χ0n) is 15.1. The van der Waals surface area contributed by atoms with Crippen LogP contribution in [0, 0.1) is 6.92 Å². The monoisotopic (exact) mass is 351 g/mol. The molecule has 3 rings (SSSR count). The Labute approximate surface area is 154 Å². The Morgan fingerprint density at radius 1 is 1.08 bits per heavy atom. The Hall–Kier alpha value is -2.69.